The molecule has 2 heterocycles. The Bertz CT molecular complexity index is 1260. The fourth-order valence-electron chi connectivity index (χ4n) is 3.44. The number of hydrogen-bond donors (Lipinski definition) is 0. The maximum atomic E-state index is 12.9. The summed E-state index contributed by atoms with van der Waals surface area (Å²) >= 11 is 0. The first-order valence-corrected chi connectivity index (χ1v) is 9.65. The van der Waals surface area contributed by atoms with Crippen LogP contribution in [0.4, 0.5) is 8.78 Å². The molecule has 0 aliphatic heterocycles. The molecule has 0 bridgehead atoms. The minimum atomic E-state index is -2.97. The Balaban J connectivity index is 1.65. The van der Waals surface area contributed by atoms with Crippen molar-refractivity contribution in [2.75, 3.05) is 7.11 Å². The Morgan fingerprint density at radius 3 is 2.52 bits per heavy atom. The molecule has 0 radical (unpaired) electrons. The van der Waals surface area contributed by atoms with Crippen LogP contribution in [0.15, 0.2) is 51.8 Å². The molecule has 8 nitrogen and oxygen atoms in total. The molecule has 0 fully saturated rings. The van der Waals surface area contributed by atoms with Crippen LogP contribution in [0.25, 0.3) is 22.4 Å². The molecule has 162 valence electrons. The van der Waals surface area contributed by atoms with Crippen LogP contribution in [-0.4, -0.2) is 33.0 Å². The molecule has 0 N–H and O–H groups in total. The number of alkyl halides is 2. The van der Waals surface area contributed by atoms with Gasteiger partial charge in [0, 0.05) is 12.1 Å². The zero-order chi connectivity index (χ0) is 22.0. The quantitative estimate of drug-likeness (QED) is 0.421. The van der Waals surface area contributed by atoms with E-state index in [2.05, 4.69) is 14.9 Å². The number of para-hydroxylation sites is 2. The van der Waals surface area contributed by atoms with Crippen LogP contribution >= 0.6 is 0 Å². The lowest BCUT2D eigenvalue weighted by molar-refractivity contribution is -0.0512. The molecule has 0 aliphatic rings. The van der Waals surface area contributed by atoms with E-state index in [1.165, 1.54) is 25.3 Å². The third-order valence-electron chi connectivity index (χ3n) is 4.77. The van der Waals surface area contributed by atoms with Crippen LogP contribution in [0, 0.1) is 0 Å². The molecular formula is C21H20F2N4O4. The number of nitrogens with zero attached hydrogens (tertiary/aromatic N) is 4. The highest BCUT2D eigenvalue weighted by molar-refractivity contribution is 5.76. The number of hydrogen-bond acceptors (Lipinski definition) is 6. The highest BCUT2D eigenvalue weighted by Gasteiger charge is 2.18. The van der Waals surface area contributed by atoms with Crippen LogP contribution in [0.3, 0.4) is 0 Å². The van der Waals surface area contributed by atoms with Crippen molar-refractivity contribution in [3.8, 4) is 22.9 Å². The summed E-state index contributed by atoms with van der Waals surface area (Å²) in [6.45, 7) is -0.250. The van der Waals surface area contributed by atoms with E-state index in [0.717, 1.165) is 17.5 Å². The lowest BCUT2D eigenvalue weighted by Gasteiger charge is -2.10. The summed E-state index contributed by atoms with van der Waals surface area (Å²) in [6, 6.07) is 11.9. The standard InChI is InChI=1S/C21H20F2N4O4/c1-3-10-26-14-6-4-5-7-15(14)27(21(26)28)12-18-24-19(25-31-18)13-8-9-16(30-20(22)23)17(11-13)29-2/h4-9,11,20H,3,10,12H2,1-2H3. The van der Waals surface area contributed by atoms with Crippen molar-refractivity contribution in [2.45, 2.75) is 33.0 Å². The van der Waals surface area contributed by atoms with Crippen molar-refractivity contribution in [1.82, 2.24) is 19.3 Å². The lowest BCUT2D eigenvalue weighted by atomic mass is 10.2. The second-order valence-corrected chi connectivity index (χ2v) is 6.76. The highest BCUT2D eigenvalue weighted by atomic mass is 19.3. The second-order valence-electron chi connectivity index (χ2n) is 6.76. The van der Waals surface area contributed by atoms with Gasteiger partial charge in [0.1, 0.15) is 6.54 Å². The predicted octanol–water partition coefficient (Wildman–Crippen LogP) is 3.92. The van der Waals surface area contributed by atoms with E-state index in [9.17, 15) is 13.6 Å². The molecule has 0 amide bonds. The van der Waals surface area contributed by atoms with Crippen LogP contribution in [0.2, 0.25) is 0 Å². The molecule has 0 saturated carbocycles. The smallest absolute Gasteiger partial charge is 0.387 e. The molecule has 4 rings (SSSR count). The predicted molar refractivity (Wildman–Crippen MR) is 109 cm³/mol. The highest BCUT2D eigenvalue weighted by Crippen LogP contribution is 2.32. The molecular weight excluding hydrogens is 410 g/mol. The van der Waals surface area contributed by atoms with Crippen molar-refractivity contribution in [2.24, 2.45) is 0 Å². The molecule has 31 heavy (non-hydrogen) atoms. The summed E-state index contributed by atoms with van der Waals surface area (Å²) in [5, 5.41) is 3.95. The van der Waals surface area contributed by atoms with Crippen molar-refractivity contribution >= 4 is 11.0 Å². The van der Waals surface area contributed by atoms with E-state index >= 15 is 0 Å². The van der Waals surface area contributed by atoms with Gasteiger partial charge in [0.25, 0.3) is 0 Å². The monoisotopic (exact) mass is 430 g/mol. The van der Waals surface area contributed by atoms with Gasteiger partial charge in [-0.3, -0.25) is 9.13 Å². The summed E-state index contributed by atoms with van der Waals surface area (Å²) in [5.41, 5.74) is 1.96. The molecule has 4 aromatic rings. The lowest BCUT2D eigenvalue weighted by Crippen LogP contribution is -2.24. The average molecular weight is 430 g/mol. The van der Waals surface area contributed by atoms with Crippen LogP contribution in [0.5, 0.6) is 11.5 Å². The van der Waals surface area contributed by atoms with Crippen molar-refractivity contribution in [3.63, 3.8) is 0 Å². The third kappa shape index (κ3) is 4.00. The molecule has 0 aliphatic carbocycles. The Labute approximate surface area is 175 Å². The number of fused-ring (bicyclic) bond motifs is 1. The number of ether oxygens (including phenoxy) is 2. The number of rotatable bonds is 8. The molecule has 0 saturated heterocycles. The molecule has 2 aromatic carbocycles. The van der Waals surface area contributed by atoms with Gasteiger partial charge in [-0.15, -0.1) is 0 Å². The Morgan fingerprint density at radius 1 is 1.10 bits per heavy atom. The number of aromatic nitrogens is 4. The number of aryl methyl sites for hydroxylation is 1. The Morgan fingerprint density at radius 2 is 1.84 bits per heavy atom. The topological polar surface area (TPSA) is 84.3 Å². The van der Waals surface area contributed by atoms with E-state index in [1.54, 1.807) is 9.13 Å². The van der Waals surface area contributed by atoms with Crippen molar-refractivity contribution in [1.29, 1.82) is 0 Å². The van der Waals surface area contributed by atoms with Crippen LogP contribution in [0.1, 0.15) is 19.2 Å². The van der Waals surface area contributed by atoms with E-state index in [1.807, 2.05) is 31.2 Å². The molecule has 0 unspecified atom stereocenters. The number of methoxy groups -OCH3 is 1. The van der Waals surface area contributed by atoms with Gasteiger partial charge in [0.15, 0.2) is 11.5 Å². The average Bonchev–Trinajstić information content (AvgIpc) is 3.33. The molecule has 2 aromatic heterocycles. The van der Waals surface area contributed by atoms with Gasteiger partial charge in [0.05, 0.1) is 18.1 Å². The molecule has 0 atom stereocenters. The van der Waals surface area contributed by atoms with Gasteiger partial charge < -0.3 is 14.0 Å². The first-order chi connectivity index (χ1) is 15.0. The summed E-state index contributed by atoms with van der Waals surface area (Å²) in [4.78, 5) is 17.3. The summed E-state index contributed by atoms with van der Waals surface area (Å²) in [7, 11) is 1.34. The minimum absolute atomic E-state index is 0.0970. The number of halogens is 2. The third-order valence-corrected chi connectivity index (χ3v) is 4.77. The van der Waals surface area contributed by atoms with Gasteiger partial charge in [-0.2, -0.15) is 13.8 Å². The largest absolute Gasteiger partial charge is 0.493 e. The Kier molecular flexibility index (Phi) is 5.70. The fourth-order valence-corrected chi connectivity index (χ4v) is 3.44. The zero-order valence-electron chi connectivity index (χ0n) is 16.9. The number of imidazole rings is 1. The zero-order valence-corrected chi connectivity index (χ0v) is 16.9. The summed E-state index contributed by atoms with van der Waals surface area (Å²) in [5.74, 6) is 0.494. The van der Waals surface area contributed by atoms with Crippen molar-refractivity contribution < 1.29 is 22.8 Å². The maximum absolute atomic E-state index is 12.9. The van der Waals surface area contributed by atoms with Crippen LogP contribution in [-0.2, 0) is 13.1 Å². The van der Waals surface area contributed by atoms with Gasteiger partial charge >= 0.3 is 12.3 Å². The van der Waals surface area contributed by atoms with Gasteiger partial charge in [-0.05, 0) is 36.8 Å². The van der Waals surface area contributed by atoms with E-state index in [-0.39, 0.29) is 35.4 Å². The second kappa shape index (κ2) is 8.58. The summed E-state index contributed by atoms with van der Waals surface area (Å²) in [6.07, 6.45) is 0.825. The first kappa shape index (κ1) is 20.6. The van der Waals surface area contributed by atoms with Gasteiger partial charge in [0.2, 0.25) is 11.7 Å². The van der Waals surface area contributed by atoms with E-state index in [4.69, 9.17) is 9.26 Å². The summed E-state index contributed by atoms with van der Waals surface area (Å²) < 4.78 is 43.2. The molecule has 0 spiro atoms. The minimum Gasteiger partial charge on any atom is -0.493 e. The van der Waals surface area contributed by atoms with E-state index < -0.39 is 6.61 Å². The van der Waals surface area contributed by atoms with Gasteiger partial charge in [-0.1, -0.05) is 24.2 Å². The fraction of sp³-hybridized carbons (Fsp3) is 0.286. The number of benzene rings is 2. The Hall–Kier alpha value is -3.69. The molecule has 10 heteroatoms. The van der Waals surface area contributed by atoms with E-state index in [0.29, 0.717) is 12.1 Å². The van der Waals surface area contributed by atoms with Crippen LogP contribution < -0.4 is 15.2 Å². The SMILES string of the molecule is CCCn1c(=O)n(Cc2nc(-c3ccc(OC(F)F)c(OC)c3)no2)c2ccccc21. The normalized spacial score (nSPS) is 11.4. The van der Waals surface area contributed by atoms with Crippen molar-refractivity contribution in [3.05, 3.63) is 58.8 Å². The maximum Gasteiger partial charge on any atom is 0.387 e. The van der Waals surface area contributed by atoms with Gasteiger partial charge in [-0.25, -0.2) is 4.79 Å². The first-order valence-electron chi connectivity index (χ1n) is 9.65.